The molecule has 0 atom stereocenters. The first-order valence-electron chi connectivity index (χ1n) is 8.57. The van der Waals surface area contributed by atoms with E-state index in [-0.39, 0.29) is 17.7 Å². The molecule has 0 aliphatic rings. The van der Waals surface area contributed by atoms with Gasteiger partial charge in [-0.15, -0.1) is 0 Å². The summed E-state index contributed by atoms with van der Waals surface area (Å²) in [5.74, 6) is 1.000. The van der Waals surface area contributed by atoms with Gasteiger partial charge in [0.25, 0.3) is 0 Å². The van der Waals surface area contributed by atoms with Crippen molar-refractivity contribution < 1.29 is 13.7 Å². The lowest BCUT2D eigenvalue weighted by Crippen LogP contribution is -2.14. The van der Waals surface area contributed by atoms with Gasteiger partial charge >= 0.3 is 0 Å². The summed E-state index contributed by atoms with van der Waals surface area (Å²) in [5.41, 5.74) is 1.48. The number of hydrogen-bond acceptors (Lipinski definition) is 4. The van der Waals surface area contributed by atoms with E-state index in [1.165, 1.54) is 0 Å². The van der Waals surface area contributed by atoms with Crippen molar-refractivity contribution in [3.8, 4) is 0 Å². The number of hydrogen-bond donors (Lipinski definition) is 1. The van der Waals surface area contributed by atoms with Gasteiger partial charge in [-0.3, -0.25) is 4.79 Å². The number of rotatable bonds is 3. The van der Waals surface area contributed by atoms with Crippen molar-refractivity contribution in [1.82, 2.24) is 5.16 Å². The van der Waals surface area contributed by atoms with Gasteiger partial charge < -0.3 is 14.3 Å². The summed E-state index contributed by atoms with van der Waals surface area (Å²) in [7, 11) is 0. The highest BCUT2D eigenvalue weighted by Gasteiger charge is 2.21. The summed E-state index contributed by atoms with van der Waals surface area (Å²) in [5, 5.41) is 9.92. The highest BCUT2D eigenvalue weighted by molar-refractivity contribution is 6.08. The Morgan fingerprint density at radius 3 is 2.73 bits per heavy atom. The second kappa shape index (κ2) is 6.02. The molecule has 0 fully saturated rings. The molecule has 5 heteroatoms. The average Bonchev–Trinajstić information content (AvgIpc) is 3.22. The molecule has 1 N–H and O–H groups in total. The van der Waals surface area contributed by atoms with Crippen LogP contribution in [0.4, 0.5) is 5.82 Å². The molecule has 4 aromatic rings. The van der Waals surface area contributed by atoms with E-state index < -0.39 is 0 Å². The van der Waals surface area contributed by atoms with Crippen molar-refractivity contribution in [2.24, 2.45) is 0 Å². The van der Waals surface area contributed by atoms with Crippen LogP contribution in [0.15, 0.2) is 57.7 Å². The van der Waals surface area contributed by atoms with Crippen molar-refractivity contribution in [1.29, 1.82) is 0 Å². The van der Waals surface area contributed by atoms with Crippen LogP contribution in [0.25, 0.3) is 21.7 Å². The predicted molar refractivity (Wildman–Crippen MR) is 101 cm³/mol. The van der Waals surface area contributed by atoms with E-state index in [0.717, 1.165) is 33.1 Å². The van der Waals surface area contributed by atoms with Crippen molar-refractivity contribution in [3.05, 3.63) is 60.1 Å². The highest BCUT2D eigenvalue weighted by Crippen LogP contribution is 2.30. The van der Waals surface area contributed by atoms with E-state index in [4.69, 9.17) is 8.94 Å². The number of aromatic nitrogens is 1. The Kier molecular flexibility index (Phi) is 3.80. The number of amides is 1. The Bertz CT molecular complexity index is 1100. The minimum absolute atomic E-state index is 0.157. The molecule has 4 rings (SSSR count). The number of furan rings is 1. The van der Waals surface area contributed by atoms with Crippen molar-refractivity contribution >= 4 is 33.5 Å². The lowest BCUT2D eigenvalue weighted by atomic mass is 9.93. The Morgan fingerprint density at radius 2 is 1.96 bits per heavy atom. The van der Waals surface area contributed by atoms with Crippen LogP contribution in [0.3, 0.4) is 0 Å². The first-order chi connectivity index (χ1) is 12.4. The maximum atomic E-state index is 12.5. The molecule has 0 radical (unpaired) electrons. The van der Waals surface area contributed by atoms with E-state index in [1.807, 2.05) is 51.1 Å². The monoisotopic (exact) mass is 348 g/mol. The molecule has 0 spiro atoms. The second-order valence-corrected chi connectivity index (χ2v) is 7.47. The topological polar surface area (TPSA) is 68.3 Å². The predicted octanol–water partition coefficient (Wildman–Crippen LogP) is 5.05. The van der Waals surface area contributed by atoms with E-state index >= 15 is 0 Å². The van der Waals surface area contributed by atoms with Gasteiger partial charge in [-0.1, -0.05) is 56.3 Å². The largest absolute Gasteiger partial charge is 0.464 e. The molecule has 26 heavy (non-hydrogen) atoms. The van der Waals surface area contributed by atoms with Crippen LogP contribution >= 0.6 is 0 Å². The van der Waals surface area contributed by atoms with Crippen LogP contribution in [0.5, 0.6) is 0 Å². The van der Waals surface area contributed by atoms with Crippen molar-refractivity contribution in [2.45, 2.75) is 32.6 Å². The summed E-state index contributed by atoms with van der Waals surface area (Å²) in [6.45, 7) is 6.09. The maximum absolute atomic E-state index is 12.5. The van der Waals surface area contributed by atoms with E-state index in [0.29, 0.717) is 5.82 Å². The fourth-order valence-electron chi connectivity index (χ4n) is 3.05. The Balaban J connectivity index is 1.60. The van der Waals surface area contributed by atoms with Gasteiger partial charge in [0.15, 0.2) is 5.82 Å². The molecule has 0 saturated heterocycles. The third-order valence-corrected chi connectivity index (χ3v) is 4.41. The first kappa shape index (κ1) is 16.4. The van der Waals surface area contributed by atoms with Crippen LogP contribution in [0.2, 0.25) is 0 Å². The van der Waals surface area contributed by atoms with Crippen molar-refractivity contribution in [3.63, 3.8) is 0 Å². The number of benzene rings is 2. The van der Waals surface area contributed by atoms with Crippen LogP contribution in [-0.2, 0) is 16.6 Å². The molecule has 0 aliphatic carbocycles. The first-order valence-corrected chi connectivity index (χ1v) is 8.57. The van der Waals surface area contributed by atoms with Gasteiger partial charge in [0.1, 0.15) is 11.3 Å². The van der Waals surface area contributed by atoms with E-state index in [2.05, 4.69) is 16.5 Å². The summed E-state index contributed by atoms with van der Waals surface area (Å²) in [6.07, 6.45) is 1.86. The standard InChI is InChI=1S/C21H20N2O3/c1-21(2,3)17-11-18(23-26-17)22-19(24)10-14-12-25-16-9-8-13-6-4-5-7-15(13)20(14)16/h4-9,11-12H,10H2,1-3H3,(H,22,23,24). The molecule has 0 unspecified atom stereocenters. The SMILES string of the molecule is CC(C)(C)c1cc(NC(=O)Cc2coc3ccc4ccccc4c23)no1. The molecule has 2 heterocycles. The zero-order valence-electron chi connectivity index (χ0n) is 15.0. The van der Waals surface area contributed by atoms with Crippen LogP contribution in [0.1, 0.15) is 32.1 Å². The number of fused-ring (bicyclic) bond motifs is 3. The number of nitrogens with zero attached hydrogens (tertiary/aromatic N) is 1. The van der Waals surface area contributed by atoms with Crippen LogP contribution in [0, 0.1) is 0 Å². The van der Waals surface area contributed by atoms with Gasteiger partial charge in [-0.25, -0.2) is 0 Å². The molecule has 132 valence electrons. The van der Waals surface area contributed by atoms with Gasteiger partial charge in [-0.2, -0.15) is 0 Å². The maximum Gasteiger partial charge on any atom is 0.230 e. The van der Waals surface area contributed by atoms with Gasteiger partial charge in [-0.05, 0) is 16.8 Å². The van der Waals surface area contributed by atoms with E-state index in [9.17, 15) is 4.79 Å². The Labute approximate surface area is 151 Å². The molecule has 1 amide bonds. The molecule has 0 bridgehead atoms. The van der Waals surface area contributed by atoms with Crippen LogP contribution in [-0.4, -0.2) is 11.1 Å². The number of nitrogens with one attached hydrogen (secondary N) is 1. The fraction of sp³-hybridized carbons (Fsp3) is 0.238. The normalized spacial score (nSPS) is 12.0. The smallest absolute Gasteiger partial charge is 0.230 e. The zero-order chi connectivity index (χ0) is 18.3. The summed E-state index contributed by atoms with van der Waals surface area (Å²) >= 11 is 0. The van der Waals surface area contributed by atoms with Gasteiger partial charge in [0, 0.05) is 22.4 Å². The number of carbonyl (C=O) groups excluding carboxylic acids is 1. The number of carbonyl (C=O) groups is 1. The Hall–Kier alpha value is -3.08. The van der Waals surface area contributed by atoms with Crippen molar-refractivity contribution in [2.75, 3.05) is 5.32 Å². The lowest BCUT2D eigenvalue weighted by Gasteiger charge is -2.12. The third kappa shape index (κ3) is 2.96. The molecule has 5 nitrogen and oxygen atoms in total. The fourth-order valence-corrected chi connectivity index (χ4v) is 3.05. The molecule has 2 aromatic heterocycles. The third-order valence-electron chi connectivity index (χ3n) is 4.41. The van der Waals surface area contributed by atoms with Gasteiger partial charge in [0.2, 0.25) is 5.91 Å². The zero-order valence-corrected chi connectivity index (χ0v) is 15.0. The van der Waals surface area contributed by atoms with Gasteiger partial charge in [0.05, 0.1) is 12.7 Å². The number of anilines is 1. The molecule has 2 aromatic carbocycles. The minimum Gasteiger partial charge on any atom is -0.464 e. The lowest BCUT2D eigenvalue weighted by molar-refractivity contribution is -0.115. The molecular weight excluding hydrogens is 328 g/mol. The second-order valence-electron chi connectivity index (χ2n) is 7.47. The highest BCUT2D eigenvalue weighted by atomic mass is 16.5. The molecule has 0 aliphatic heterocycles. The average molecular weight is 348 g/mol. The Morgan fingerprint density at radius 1 is 1.15 bits per heavy atom. The summed E-state index contributed by atoms with van der Waals surface area (Å²) < 4.78 is 11.0. The summed E-state index contributed by atoms with van der Waals surface area (Å²) in [6, 6.07) is 13.8. The molecular formula is C21H20N2O3. The van der Waals surface area contributed by atoms with E-state index in [1.54, 1.807) is 12.3 Å². The van der Waals surface area contributed by atoms with Crippen LogP contribution < -0.4 is 5.32 Å². The molecule has 0 saturated carbocycles. The quantitative estimate of drug-likeness (QED) is 0.562. The summed E-state index contributed by atoms with van der Waals surface area (Å²) in [4.78, 5) is 12.5. The minimum atomic E-state index is -0.158.